The van der Waals surface area contributed by atoms with Crippen molar-refractivity contribution >= 4 is 0 Å². The summed E-state index contributed by atoms with van der Waals surface area (Å²) in [5, 5.41) is 0. The van der Waals surface area contributed by atoms with Crippen LogP contribution in [0.3, 0.4) is 0 Å². The number of hydrogen-bond donors (Lipinski definition) is 0. The molecule has 0 bridgehead atoms. The van der Waals surface area contributed by atoms with Gasteiger partial charge in [0.1, 0.15) is 0 Å². The maximum atomic E-state index is 3.31. The van der Waals surface area contributed by atoms with Gasteiger partial charge >= 0.3 is 0 Å². The van der Waals surface area contributed by atoms with Crippen LogP contribution in [0.2, 0.25) is 0 Å². The second kappa shape index (κ2) is 18.9. The smallest absolute Gasteiger partial charge is 0.00886 e. The predicted molar refractivity (Wildman–Crippen MR) is 111 cm³/mol. The second-order valence-corrected chi connectivity index (χ2v) is 7.76. The summed E-state index contributed by atoms with van der Waals surface area (Å²) in [5.74, 6) is 8.46. The minimum absolute atomic E-state index is 0.921. The molecular formula is C24H46. The van der Waals surface area contributed by atoms with Gasteiger partial charge in [-0.15, -0.1) is 11.8 Å². The van der Waals surface area contributed by atoms with Crippen molar-refractivity contribution in [2.75, 3.05) is 0 Å². The summed E-state index contributed by atoms with van der Waals surface area (Å²) in [7, 11) is 0. The largest absolute Gasteiger partial charge is 0.103 e. The van der Waals surface area contributed by atoms with Crippen LogP contribution in [0.15, 0.2) is 0 Å². The number of hydrogen-bond acceptors (Lipinski definition) is 0. The van der Waals surface area contributed by atoms with Gasteiger partial charge in [0.15, 0.2) is 0 Å². The molecule has 0 aromatic rings. The zero-order chi connectivity index (χ0) is 17.9. The summed E-state index contributed by atoms with van der Waals surface area (Å²) in [6.45, 7) is 9.35. The molecule has 0 radical (unpaired) electrons. The first-order valence-electron chi connectivity index (χ1n) is 11.2. The first kappa shape index (κ1) is 23.6. The molecule has 0 aliphatic rings. The van der Waals surface area contributed by atoms with E-state index < -0.39 is 0 Å². The molecule has 0 heterocycles. The summed E-state index contributed by atoms with van der Waals surface area (Å²) in [6, 6.07) is 0. The third-order valence-electron chi connectivity index (χ3n) is 5.50. The van der Waals surface area contributed by atoms with E-state index in [-0.39, 0.29) is 0 Å². The summed E-state index contributed by atoms with van der Waals surface area (Å²) in [5.41, 5.74) is 0. The quantitative estimate of drug-likeness (QED) is 0.196. The van der Waals surface area contributed by atoms with Crippen LogP contribution in [0.4, 0.5) is 0 Å². The minimum atomic E-state index is 0.921. The van der Waals surface area contributed by atoms with Crippen molar-refractivity contribution in [1.29, 1.82) is 0 Å². The zero-order valence-corrected chi connectivity index (χ0v) is 17.5. The highest BCUT2D eigenvalue weighted by Gasteiger charge is 2.14. The minimum Gasteiger partial charge on any atom is -0.103 e. The molecule has 0 fully saturated rings. The molecule has 2 atom stereocenters. The van der Waals surface area contributed by atoms with Gasteiger partial charge in [-0.2, -0.15) is 0 Å². The number of rotatable bonds is 16. The maximum Gasteiger partial charge on any atom is 0.00886 e. The van der Waals surface area contributed by atoms with E-state index in [1.807, 2.05) is 0 Å². The third kappa shape index (κ3) is 15.1. The van der Waals surface area contributed by atoms with Crippen LogP contribution in [-0.2, 0) is 0 Å². The van der Waals surface area contributed by atoms with Crippen molar-refractivity contribution < 1.29 is 0 Å². The van der Waals surface area contributed by atoms with Gasteiger partial charge in [0.25, 0.3) is 0 Å². The first-order valence-corrected chi connectivity index (χ1v) is 11.2. The Morgan fingerprint density at radius 2 is 1.12 bits per heavy atom. The average molecular weight is 335 g/mol. The predicted octanol–water partition coefficient (Wildman–Crippen LogP) is 8.54. The van der Waals surface area contributed by atoms with Gasteiger partial charge in [0, 0.05) is 12.8 Å². The molecule has 0 N–H and O–H groups in total. The molecule has 0 spiro atoms. The van der Waals surface area contributed by atoms with Crippen molar-refractivity contribution in [2.45, 2.75) is 130 Å². The molecule has 0 aliphatic heterocycles. The molecule has 0 amide bonds. The van der Waals surface area contributed by atoms with E-state index in [4.69, 9.17) is 0 Å². The third-order valence-corrected chi connectivity index (χ3v) is 5.50. The van der Waals surface area contributed by atoms with Gasteiger partial charge in [-0.25, -0.2) is 0 Å². The summed E-state index contributed by atoms with van der Waals surface area (Å²) >= 11 is 0. The average Bonchev–Trinajstić information content (AvgIpc) is 2.60. The van der Waals surface area contributed by atoms with Crippen LogP contribution in [0, 0.1) is 23.7 Å². The second-order valence-electron chi connectivity index (χ2n) is 7.76. The van der Waals surface area contributed by atoms with E-state index >= 15 is 0 Å². The van der Waals surface area contributed by atoms with Crippen molar-refractivity contribution in [1.82, 2.24) is 0 Å². The Hall–Kier alpha value is -0.440. The number of unbranched alkanes of at least 4 members (excludes halogenated alkanes) is 10. The fraction of sp³-hybridized carbons (Fsp3) is 0.917. The molecule has 0 saturated heterocycles. The molecule has 0 aromatic carbocycles. The lowest BCUT2D eigenvalue weighted by molar-refractivity contribution is 0.288. The highest BCUT2D eigenvalue weighted by Crippen LogP contribution is 2.27. The molecule has 0 rings (SSSR count). The first-order chi connectivity index (χ1) is 11.8. The summed E-state index contributed by atoms with van der Waals surface area (Å²) < 4.78 is 0. The topological polar surface area (TPSA) is 0 Å². The molecular weight excluding hydrogens is 288 g/mol. The molecule has 2 unspecified atom stereocenters. The van der Waals surface area contributed by atoms with Crippen LogP contribution in [0.25, 0.3) is 0 Å². The van der Waals surface area contributed by atoms with Gasteiger partial charge < -0.3 is 0 Å². The van der Waals surface area contributed by atoms with Gasteiger partial charge in [-0.1, -0.05) is 105 Å². The fourth-order valence-electron chi connectivity index (χ4n) is 3.51. The lowest BCUT2D eigenvalue weighted by Gasteiger charge is -2.23. The molecule has 0 aliphatic carbocycles. The highest BCUT2D eigenvalue weighted by atomic mass is 14.2. The van der Waals surface area contributed by atoms with Crippen LogP contribution < -0.4 is 0 Å². The van der Waals surface area contributed by atoms with Gasteiger partial charge in [0.05, 0.1) is 0 Å². The molecule has 0 nitrogen and oxygen atoms in total. The summed E-state index contributed by atoms with van der Waals surface area (Å²) in [6.07, 6.45) is 21.9. The Bertz CT molecular complexity index is 293. The molecule has 24 heavy (non-hydrogen) atoms. The lowest BCUT2D eigenvalue weighted by atomic mass is 9.83. The Morgan fingerprint density at radius 1 is 0.583 bits per heavy atom. The van der Waals surface area contributed by atoms with E-state index in [1.165, 1.54) is 89.9 Å². The zero-order valence-electron chi connectivity index (χ0n) is 17.5. The van der Waals surface area contributed by atoms with Crippen LogP contribution in [-0.4, -0.2) is 0 Å². The normalized spacial score (nSPS) is 13.3. The van der Waals surface area contributed by atoms with Crippen LogP contribution in [0.5, 0.6) is 0 Å². The Balaban J connectivity index is 3.66. The Morgan fingerprint density at radius 3 is 1.71 bits per heavy atom. The molecule has 0 saturated carbocycles. The highest BCUT2D eigenvalue weighted by molar-refractivity contribution is 4.98. The summed E-state index contributed by atoms with van der Waals surface area (Å²) in [4.78, 5) is 0. The van der Waals surface area contributed by atoms with Gasteiger partial charge in [-0.05, 0) is 24.7 Å². The Kier molecular flexibility index (Phi) is 18.5. The maximum absolute atomic E-state index is 3.31. The van der Waals surface area contributed by atoms with Crippen molar-refractivity contribution in [3.05, 3.63) is 0 Å². The molecule has 0 heteroatoms. The van der Waals surface area contributed by atoms with E-state index in [0.29, 0.717) is 0 Å². The van der Waals surface area contributed by atoms with E-state index in [1.54, 1.807) is 0 Å². The van der Waals surface area contributed by atoms with Crippen molar-refractivity contribution in [3.63, 3.8) is 0 Å². The SMILES string of the molecule is CCCC#CCCCCCCCC(CCCCCCC)C(C)CC. The Labute approximate surface area is 154 Å². The van der Waals surface area contributed by atoms with Crippen LogP contribution >= 0.6 is 0 Å². The standard InChI is InChI=1S/C24H46/c1-5-8-10-12-13-14-15-16-18-20-22-24(23(4)7-3)21-19-17-11-9-6-2/h23-24H,5-9,11,13-22H2,1-4H3. The van der Waals surface area contributed by atoms with Gasteiger partial charge in [0.2, 0.25) is 0 Å². The molecule has 142 valence electrons. The molecule has 0 aromatic heterocycles. The van der Waals surface area contributed by atoms with Crippen molar-refractivity contribution in [3.8, 4) is 11.8 Å². The van der Waals surface area contributed by atoms with E-state index in [2.05, 4.69) is 39.5 Å². The van der Waals surface area contributed by atoms with Crippen molar-refractivity contribution in [2.24, 2.45) is 11.8 Å². The van der Waals surface area contributed by atoms with Crippen LogP contribution in [0.1, 0.15) is 130 Å². The van der Waals surface area contributed by atoms with E-state index in [9.17, 15) is 0 Å². The monoisotopic (exact) mass is 334 g/mol. The lowest BCUT2D eigenvalue weighted by Crippen LogP contribution is -2.11. The van der Waals surface area contributed by atoms with Gasteiger partial charge in [-0.3, -0.25) is 0 Å². The van der Waals surface area contributed by atoms with E-state index in [0.717, 1.165) is 24.7 Å². The fourth-order valence-corrected chi connectivity index (χ4v) is 3.51.